The molecule has 0 amide bonds. The zero-order chi connectivity index (χ0) is 24.7. The van der Waals surface area contributed by atoms with Crippen LogP contribution in [0.5, 0.6) is 0 Å². The average molecular weight is 476 g/mol. The van der Waals surface area contributed by atoms with Gasteiger partial charge in [-0.1, -0.05) is 74.5 Å². The minimum atomic E-state index is -0.0419. The monoisotopic (exact) mass is 475 g/mol. The van der Waals surface area contributed by atoms with Crippen LogP contribution in [0.2, 0.25) is 0 Å². The Bertz CT molecular complexity index is 1990. The van der Waals surface area contributed by atoms with Crippen LogP contribution >= 0.6 is 0 Å². The Morgan fingerprint density at radius 1 is 0.649 bits per heavy atom. The quantitative estimate of drug-likeness (QED) is 0.246. The number of imidazole rings is 1. The molecule has 0 atom stereocenters. The Kier molecular flexibility index (Phi) is 4.00. The first-order valence-corrected chi connectivity index (χ1v) is 12.8. The van der Waals surface area contributed by atoms with E-state index >= 15 is 0 Å². The van der Waals surface area contributed by atoms with Gasteiger partial charge in [0.25, 0.3) is 0 Å². The van der Waals surface area contributed by atoms with Crippen LogP contribution < -0.4 is 0 Å². The van der Waals surface area contributed by atoms with Crippen molar-refractivity contribution in [3.63, 3.8) is 0 Å². The topological polar surface area (TPSA) is 22.2 Å². The summed E-state index contributed by atoms with van der Waals surface area (Å²) in [6.07, 6.45) is 4.15. The van der Waals surface area contributed by atoms with Gasteiger partial charge < -0.3 is 8.97 Å². The summed E-state index contributed by atoms with van der Waals surface area (Å²) >= 11 is 0. The van der Waals surface area contributed by atoms with Gasteiger partial charge in [0.15, 0.2) is 0 Å². The Morgan fingerprint density at radius 2 is 1.49 bits per heavy atom. The maximum absolute atomic E-state index is 4.87. The highest BCUT2D eigenvalue weighted by molar-refractivity contribution is 6.11. The van der Waals surface area contributed by atoms with Crippen LogP contribution in [-0.2, 0) is 5.41 Å². The molecule has 0 unspecified atom stereocenters. The van der Waals surface area contributed by atoms with Crippen LogP contribution in [0, 0.1) is 0 Å². The fourth-order valence-electron chi connectivity index (χ4n) is 6.32. The lowest BCUT2D eigenvalue weighted by molar-refractivity contribution is 0.661. The van der Waals surface area contributed by atoms with Gasteiger partial charge in [-0.25, -0.2) is 4.98 Å². The normalized spacial score (nSPS) is 13.9. The molecule has 0 saturated carbocycles. The van der Waals surface area contributed by atoms with Crippen molar-refractivity contribution in [2.45, 2.75) is 19.3 Å². The zero-order valence-corrected chi connectivity index (χ0v) is 20.8. The minimum absolute atomic E-state index is 0.0419. The Hall–Kier alpha value is -4.63. The number of rotatable bonds is 2. The van der Waals surface area contributed by atoms with Gasteiger partial charge in [-0.15, -0.1) is 0 Å². The van der Waals surface area contributed by atoms with E-state index in [9.17, 15) is 0 Å². The number of hydrogen-bond acceptors (Lipinski definition) is 1. The third-order valence-electron chi connectivity index (χ3n) is 8.14. The molecule has 0 saturated heterocycles. The van der Waals surface area contributed by atoms with Crippen molar-refractivity contribution in [3.8, 4) is 28.1 Å². The van der Waals surface area contributed by atoms with Crippen molar-refractivity contribution >= 4 is 27.5 Å². The van der Waals surface area contributed by atoms with Crippen LogP contribution in [0.3, 0.4) is 0 Å². The fraction of sp³-hybridized carbons (Fsp3) is 0.0882. The number of para-hydroxylation sites is 1. The molecule has 7 aromatic rings. The van der Waals surface area contributed by atoms with Gasteiger partial charge in [0.05, 0.1) is 16.7 Å². The second-order valence-corrected chi connectivity index (χ2v) is 10.6. The molecular formula is C34H25N3. The van der Waals surface area contributed by atoms with Gasteiger partial charge >= 0.3 is 0 Å². The molecule has 176 valence electrons. The number of aromatic nitrogens is 3. The van der Waals surface area contributed by atoms with E-state index in [1.807, 2.05) is 24.4 Å². The summed E-state index contributed by atoms with van der Waals surface area (Å²) in [5.41, 5.74) is 12.1. The van der Waals surface area contributed by atoms with E-state index in [-0.39, 0.29) is 5.41 Å². The molecule has 37 heavy (non-hydrogen) atoms. The summed E-state index contributed by atoms with van der Waals surface area (Å²) < 4.78 is 4.49. The maximum atomic E-state index is 4.87. The molecule has 1 aliphatic rings. The highest BCUT2D eigenvalue weighted by Crippen LogP contribution is 2.50. The summed E-state index contributed by atoms with van der Waals surface area (Å²) in [5, 5.41) is 2.57. The Morgan fingerprint density at radius 3 is 2.41 bits per heavy atom. The van der Waals surface area contributed by atoms with Crippen molar-refractivity contribution < 1.29 is 0 Å². The molecule has 3 nitrogen and oxygen atoms in total. The van der Waals surface area contributed by atoms with Gasteiger partial charge in [-0.3, -0.25) is 0 Å². The van der Waals surface area contributed by atoms with Crippen LogP contribution in [0.15, 0.2) is 116 Å². The predicted molar refractivity (Wildman–Crippen MR) is 153 cm³/mol. The van der Waals surface area contributed by atoms with E-state index in [1.54, 1.807) is 0 Å². The Balaban J connectivity index is 1.40. The first-order valence-electron chi connectivity index (χ1n) is 12.8. The highest BCUT2D eigenvalue weighted by Gasteiger charge is 2.36. The summed E-state index contributed by atoms with van der Waals surface area (Å²) in [7, 11) is 0. The van der Waals surface area contributed by atoms with Gasteiger partial charge in [0.1, 0.15) is 5.65 Å². The molecule has 0 aliphatic heterocycles. The average Bonchev–Trinajstić information content (AvgIpc) is 3.57. The number of pyridine rings is 1. The fourth-order valence-corrected chi connectivity index (χ4v) is 6.32. The minimum Gasteiger partial charge on any atom is -0.309 e. The number of hydrogen-bond donors (Lipinski definition) is 0. The molecule has 3 aromatic heterocycles. The van der Waals surface area contributed by atoms with Crippen molar-refractivity contribution in [1.29, 1.82) is 0 Å². The van der Waals surface area contributed by atoms with Crippen LogP contribution in [-0.4, -0.2) is 14.0 Å². The second-order valence-electron chi connectivity index (χ2n) is 10.6. The lowest BCUT2D eigenvalue weighted by Crippen LogP contribution is -2.14. The van der Waals surface area contributed by atoms with Gasteiger partial charge in [0, 0.05) is 39.8 Å². The molecule has 8 rings (SSSR count). The van der Waals surface area contributed by atoms with Gasteiger partial charge in [-0.05, 0) is 64.7 Å². The number of nitrogens with zero attached hydrogens (tertiary/aromatic N) is 3. The van der Waals surface area contributed by atoms with Crippen molar-refractivity contribution in [2.24, 2.45) is 0 Å². The number of benzene rings is 4. The van der Waals surface area contributed by atoms with E-state index in [2.05, 4.69) is 114 Å². The van der Waals surface area contributed by atoms with Crippen LogP contribution in [0.25, 0.3) is 55.5 Å². The molecule has 1 aliphatic carbocycles. The smallest absolute Gasteiger partial charge is 0.137 e. The molecular weight excluding hydrogens is 450 g/mol. The van der Waals surface area contributed by atoms with Crippen molar-refractivity contribution in [1.82, 2.24) is 14.0 Å². The van der Waals surface area contributed by atoms with E-state index in [4.69, 9.17) is 4.98 Å². The van der Waals surface area contributed by atoms with E-state index in [0.29, 0.717) is 0 Å². The van der Waals surface area contributed by atoms with Gasteiger partial charge in [-0.2, -0.15) is 0 Å². The van der Waals surface area contributed by atoms with Gasteiger partial charge in [0.2, 0.25) is 0 Å². The largest absolute Gasteiger partial charge is 0.309 e. The summed E-state index contributed by atoms with van der Waals surface area (Å²) in [4.78, 5) is 4.87. The maximum Gasteiger partial charge on any atom is 0.137 e. The first-order chi connectivity index (χ1) is 18.1. The summed E-state index contributed by atoms with van der Waals surface area (Å²) in [6.45, 7) is 4.70. The van der Waals surface area contributed by atoms with E-state index in [1.165, 1.54) is 44.1 Å². The molecule has 0 N–H and O–H groups in total. The molecule has 4 aromatic carbocycles. The summed E-state index contributed by atoms with van der Waals surface area (Å²) in [5.74, 6) is 0. The molecule has 0 fully saturated rings. The van der Waals surface area contributed by atoms with Crippen molar-refractivity contribution in [3.05, 3.63) is 127 Å². The van der Waals surface area contributed by atoms with E-state index < -0.39 is 0 Å². The molecule has 3 heteroatoms. The van der Waals surface area contributed by atoms with Crippen LogP contribution in [0.1, 0.15) is 25.0 Å². The molecule has 0 spiro atoms. The predicted octanol–water partition coefficient (Wildman–Crippen LogP) is 8.40. The lowest BCUT2D eigenvalue weighted by atomic mass is 9.82. The summed E-state index contributed by atoms with van der Waals surface area (Å²) in [6, 6.07) is 37.3. The molecule has 0 radical (unpaired) electrons. The van der Waals surface area contributed by atoms with Crippen LogP contribution in [0.4, 0.5) is 0 Å². The zero-order valence-electron chi connectivity index (χ0n) is 20.8. The van der Waals surface area contributed by atoms with Crippen molar-refractivity contribution in [2.75, 3.05) is 0 Å². The lowest BCUT2D eigenvalue weighted by Gasteiger charge is -2.21. The first kappa shape index (κ1) is 20.6. The third-order valence-corrected chi connectivity index (χ3v) is 8.14. The van der Waals surface area contributed by atoms with E-state index in [0.717, 1.165) is 22.6 Å². The SMILES string of the molecule is CC1(C)c2ccccc2-c2cc3c4ccccc4n(-c4cccc(-c5cn6ccccc6n5)c4)c3cc21. The second kappa shape index (κ2) is 7.21. The highest BCUT2D eigenvalue weighted by atomic mass is 15.0. The third kappa shape index (κ3) is 2.80. The molecule has 3 heterocycles. The number of fused-ring (bicyclic) bond motifs is 7. The Labute approximate surface area is 215 Å². The molecule has 0 bridgehead atoms. The standard InChI is InChI=1S/C34H25N3/c1-34(2)28-14-5-3-12-24(28)26-19-27-25-13-4-6-15-31(25)37(32(27)20-29(26)34)23-11-9-10-22(18-23)30-21-36-17-8-7-16-33(36)35-30/h3-21H,1-2H3.